The van der Waals surface area contributed by atoms with Gasteiger partial charge in [-0.3, -0.25) is 18.7 Å². The van der Waals surface area contributed by atoms with Crippen LogP contribution in [0.15, 0.2) is 0 Å². The highest BCUT2D eigenvalue weighted by molar-refractivity contribution is 7.60. The summed E-state index contributed by atoms with van der Waals surface area (Å²) >= 11 is 0. The van der Waals surface area contributed by atoms with Crippen LogP contribution < -0.4 is 0 Å². The number of carbonyl (C=O) groups is 2. The third-order valence-electron chi connectivity index (χ3n) is 2.88. The molecule has 130 valence electrons. The van der Waals surface area contributed by atoms with Gasteiger partial charge in [0.1, 0.15) is 0 Å². The number of hydrogen-bond acceptors (Lipinski definition) is 10. The molecule has 2 atom stereocenters. The molecule has 0 aliphatic heterocycles. The monoisotopic (exact) mass is 362 g/mol. The van der Waals surface area contributed by atoms with Crippen LogP contribution in [0, 0.1) is 0 Å². The number of esters is 2. The summed E-state index contributed by atoms with van der Waals surface area (Å²) in [5, 5.41) is 0. The van der Waals surface area contributed by atoms with Crippen molar-refractivity contribution in [3.05, 3.63) is 0 Å². The van der Waals surface area contributed by atoms with Gasteiger partial charge in [0.05, 0.1) is 14.2 Å². The first-order valence-corrected chi connectivity index (χ1v) is 9.01. The molecule has 0 heterocycles. The van der Waals surface area contributed by atoms with Crippen molar-refractivity contribution >= 4 is 27.1 Å². The van der Waals surface area contributed by atoms with Crippen LogP contribution in [0.5, 0.6) is 0 Å². The number of methoxy groups -OCH3 is 2. The Morgan fingerprint density at radius 2 is 0.864 bits per heavy atom. The van der Waals surface area contributed by atoms with E-state index in [1.54, 1.807) is 0 Å². The first-order valence-electron chi connectivity index (χ1n) is 5.79. The van der Waals surface area contributed by atoms with Crippen molar-refractivity contribution in [2.24, 2.45) is 0 Å². The predicted octanol–water partition coefficient (Wildman–Crippen LogP) is 1.04. The highest BCUT2D eigenvalue weighted by Gasteiger charge is 2.58. The summed E-state index contributed by atoms with van der Waals surface area (Å²) in [6.07, 6.45) is 0. The molecule has 0 N–H and O–H groups in total. The second-order valence-electron chi connectivity index (χ2n) is 3.75. The third-order valence-corrected chi connectivity index (χ3v) is 7.54. The molecule has 10 nitrogen and oxygen atoms in total. The second kappa shape index (κ2) is 8.76. The van der Waals surface area contributed by atoms with Gasteiger partial charge in [0.25, 0.3) is 0 Å². The summed E-state index contributed by atoms with van der Waals surface area (Å²) in [7, 11) is -2.46. The van der Waals surface area contributed by atoms with Crippen LogP contribution >= 0.6 is 15.2 Å². The maximum Gasteiger partial charge on any atom is 0.345 e. The standard InChI is InChI=1S/C10H20O10P2/c1-15-9(11)7(21(13,17-3)18-4)8(10(12)16-2)22(14,19-5)20-6/h7-8H,1-6H3. The van der Waals surface area contributed by atoms with Crippen LogP contribution in [0.3, 0.4) is 0 Å². The van der Waals surface area contributed by atoms with Crippen molar-refractivity contribution in [3.8, 4) is 0 Å². The lowest BCUT2D eigenvalue weighted by Gasteiger charge is -2.30. The van der Waals surface area contributed by atoms with Crippen LogP contribution in [0.25, 0.3) is 0 Å². The molecule has 0 aromatic carbocycles. The minimum Gasteiger partial charge on any atom is -0.468 e. The zero-order valence-electron chi connectivity index (χ0n) is 13.1. The molecule has 0 aliphatic rings. The lowest BCUT2D eigenvalue weighted by atomic mass is 10.3. The topological polar surface area (TPSA) is 124 Å². The third kappa shape index (κ3) is 4.16. The van der Waals surface area contributed by atoms with E-state index in [9.17, 15) is 18.7 Å². The number of hydrogen-bond donors (Lipinski definition) is 0. The average Bonchev–Trinajstić information content (AvgIpc) is 2.56. The minimum absolute atomic E-state index is 0.990. The van der Waals surface area contributed by atoms with Gasteiger partial charge in [0.15, 0.2) is 11.3 Å². The Bertz CT molecular complexity index is 430. The molecule has 2 unspecified atom stereocenters. The molecule has 0 radical (unpaired) electrons. The van der Waals surface area contributed by atoms with Crippen LogP contribution in [0.4, 0.5) is 0 Å². The number of carbonyl (C=O) groups excluding carboxylic acids is 2. The van der Waals surface area contributed by atoms with Crippen molar-refractivity contribution in [1.82, 2.24) is 0 Å². The summed E-state index contributed by atoms with van der Waals surface area (Å²) in [5.74, 6) is -2.31. The Balaban J connectivity index is 6.32. The van der Waals surface area contributed by atoms with Crippen LogP contribution in [-0.4, -0.2) is 65.9 Å². The van der Waals surface area contributed by atoms with Crippen LogP contribution in [0.1, 0.15) is 0 Å². The van der Waals surface area contributed by atoms with Gasteiger partial charge in [-0.25, -0.2) is 0 Å². The summed E-state index contributed by atoms with van der Waals surface area (Å²) in [5.41, 5.74) is -3.80. The van der Waals surface area contributed by atoms with Gasteiger partial charge in [0.2, 0.25) is 0 Å². The zero-order valence-corrected chi connectivity index (χ0v) is 14.9. The molecule has 0 aliphatic carbocycles. The fourth-order valence-corrected chi connectivity index (χ4v) is 5.56. The van der Waals surface area contributed by atoms with Crippen molar-refractivity contribution in [1.29, 1.82) is 0 Å². The molecular formula is C10H20O10P2. The predicted molar refractivity (Wildman–Crippen MR) is 74.9 cm³/mol. The van der Waals surface area contributed by atoms with Gasteiger partial charge in [-0.15, -0.1) is 0 Å². The van der Waals surface area contributed by atoms with E-state index in [4.69, 9.17) is 18.1 Å². The minimum atomic E-state index is -4.22. The molecular weight excluding hydrogens is 342 g/mol. The first-order chi connectivity index (χ1) is 10.2. The molecule has 0 spiro atoms. The highest BCUT2D eigenvalue weighted by Crippen LogP contribution is 2.63. The lowest BCUT2D eigenvalue weighted by molar-refractivity contribution is -0.147. The maximum absolute atomic E-state index is 12.6. The molecule has 0 fully saturated rings. The molecule has 0 bridgehead atoms. The van der Waals surface area contributed by atoms with Gasteiger partial charge < -0.3 is 27.6 Å². The number of rotatable bonds is 9. The van der Waals surface area contributed by atoms with Gasteiger partial charge in [-0.1, -0.05) is 0 Å². The molecule has 0 amide bonds. The van der Waals surface area contributed by atoms with Crippen molar-refractivity contribution in [2.45, 2.75) is 11.3 Å². The second-order valence-corrected chi connectivity index (χ2v) is 8.48. The number of ether oxygens (including phenoxy) is 2. The smallest absolute Gasteiger partial charge is 0.345 e. The van der Waals surface area contributed by atoms with E-state index in [1.165, 1.54) is 0 Å². The van der Waals surface area contributed by atoms with Crippen molar-refractivity contribution < 1.29 is 46.3 Å². The van der Waals surface area contributed by atoms with Gasteiger partial charge in [-0.05, 0) is 0 Å². The zero-order chi connectivity index (χ0) is 17.6. The van der Waals surface area contributed by atoms with Gasteiger partial charge in [-0.2, -0.15) is 0 Å². The Labute approximate surface area is 128 Å². The summed E-state index contributed by atoms with van der Waals surface area (Å²) in [6.45, 7) is 0. The molecule has 0 aromatic rings. The Morgan fingerprint density at radius 1 is 0.636 bits per heavy atom. The lowest BCUT2D eigenvalue weighted by Crippen LogP contribution is -2.42. The summed E-state index contributed by atoms with van der Waals surface area (Å²) in [4.78, 5) is 24.0. The molecule has 0 saturated heterocycles. The fourth-order valence-electron chi connectivity index (χ4n) is 1.71. The van der Waals surface area contributed by atoms with E-state index in [1.807, 2.05) is 0 Å². The molecule has 0 aromatic heterocycles. The van der Waals surface area contributed by atoms with E-state index in [-0.39, 0.29) is 0 Å². The normalized spacial score (nSPS) is 15.0. The molecule has 0 saturated carbocycles. The fraction of sp³-hybridized carbons (Fsp3) is 0.800. The van der Waals surface area contributed by atoms with E-state index < -0.39 is 38.4 Å². The van der Waals surface area contributed by atoms with E-state index in [0.717, 1.165) is 42.7 Å². The highest BCUT2D eigenvalue weighted by atomic mass is 31.2. The van der Waals surface area contributed by atoms with Crippen molar-refractivity contribution in [3.63, 3.8) is 0 Å². The summed E-state index contributed by atoms with van der Waals surface area (Å²) < 4.78 is 53.1. The largest absolute Gasteiger partial charge is 0.468 e. The summed E-state index contributed by atoms with van der Waals surface area (Å²) in [6, 6.07) is 0. The van der Waals surface area contributed by atoms with Gasteiger partial charge in [0, 0.05) is 28.4 Å². The average molecular weight is 362 g/mol. The Kier molecular flexibility index (Phi) is 8.46. The quantitative estimate of drug-likeness (QED) is 0.434. The van der Waals surface area contributed by atoms with Crippen LogP contribution in [-0.2, 0) is 46.3 Å². The Hall–Kier alpha value is -0.760. The van der Waals surface area contributed by atoms with E-state index >= 15 is 0 Å². The molecule has 0 rings (SSSR count). The van der Waals surface area contributed by atoms with E-state index in [0.29, 0.717) is 0 Å². The van der Waals surface area contributed by atoms with E-state index in [2.05, 4.69) is 9.47 Å². The molecule has 22 heavy (non-hydrogen) atoms. The van der Waals surface area contributed by atoms with Gasteiger partial charge >= 0.3 is 27.1 Å². The van der Waals surface area contributed by atoms with Crippen molar-refractivity contribution in [2.75, 3.05) is 42.7 Å². The maximum atomic E-state index is 12.6. The first kappa shape index (κ1) is 21.2. The van der Waals surface area contributed by atoms with Crippen LogP contribution in [0.2, 0.25) is 0 Å². The SMILES string of the molecule is COC(=O)C(C(C(=O)OC)P(=O)(OC)OC)P(=O)(OC)OC. The molecule has 12 heteroatoms. The Morgan fingerprint density at radius 3 is 1.00 bits per heavy atom.